The van der Waals surface area contributed by atoms with Crippen LogP contribution in [0.15, 0.2) is 47.6 Å². The Balaban J connectivity index is 2.39. The molecule has 0 aliphatic heterocycles. The highest BCUT2D eigenvalue weighted by Gasteiger charge is 2.19. The van der Waals surface area contributed by atoms with Gasteiger partial charge in [-0.1, -0.05) is 43.3 Å². The van der Waals surface area contributed by atoms with Crippen LogP contribution in [0.1, 0.15) is 36.2 Å². The molecule has 1 aliphatic rings. The van der Waals surface area contributed by atoms with Gasteiger partial charge in [-0.3, -0.25) is 4.79 Å². The number of rotatable bonds is 2. The molecular weight excluding hydrogens is 208 g/mol. The van der Waals surface area contributed by atoms with E-state index in [2.05, 4.69) is 19.1 Å². The molecule has 1 unspecified atom stereocenters. The van der Waals surface area contributed by atoms with Crippen molar-refractivity contribution in [2.24, 2.45) is 5.92 Å². The largest absolute Gasteiger partial charge is 0.289 e. The Kier molecular flexibility index (Phi) is 3.28. The monoisotopic (exact) mass is 226 g/mol. The lowest BCUT2D eigenvalue weighted by Gasteiger charge is -2.17. The minimum atomic E-state index is 0.191. The van der Waals surface area contributed by atoms with Crippen molar-refractivity contribution in [3.8, 4) is 0 Å². The Hall–Kier alpha value is -1.63. The van der Waals surface area contributed by atoms with Crippen molar-refractivity contribution in [3.63, 3.8) is 0 Å². The maximum absolute atomic E-state index is 12.5. The summed E-state index contributed by atoms with van der Waals surface area (Å²) in [5.74, 6) is 0.651. The quantitative estimate of drug-likeness (QED) is 0.694. The van der Waals surface area contributed by atoms with Crippen LogP contribution < -0.4 is 0 Å². The number of benzene rings is 1. The number of hydrogen-bond acceptors (Lipinski definition) is 1. The lowest BCUT2D eigenvalue weighted by Crippen LogP contribution is -2.12. The topological polar surface area (TPSA) is 17.1 Å². The number of carbonyl (C=O) groups excluding carboxylic acids is 1. The summed E-state index contributed by atoms with van der Waals surface area (Å²) in [4.78, 5) is 12.5. The molecule has 0 saturated heterocycles. The maximum atomic E-state index is 12.5. The molecule has 0 amide bonds. The Morgan fingerprint density at radius 3 is 2.65 bits per heavy atom. The number of hydrogen-bond donors (Lipinski definition) is 0. The van der Waals surface area contributed by atoms with Gasteiger partial charge in [0.2, 0.25) is 0 Å². The van der Waals surface area contributed by atoms with Crippen LogP contribution in [-0.2, 0) is 0 Å². The number of ketones is 1. The summed E-state index contributed by atoms with van der Waals surface area (Å²) in [6, 6.07) is 7.81. The second-order valence-corrected chi connectivity index (χ2v) is 4.85. The average Bonchev–Trinajstić information content (AvgIpc) is 2.32. The van der Waals surface area contributed by atoms with E-state index in [1.807, 2.05) is 38.1 Å². The molecule has 0 bridgehead atoms. The van der Waals surface area contributed by atoms with Crippen LogP contribution in [0.25, 0.3) is 0 Å². The van der Waals surface area contributed by atoms with Crippen LogP contribution in [0, 0.1) is 12.8 Å². The third-order valence-corrected chi connectivity index (χ3v) is 3.34. The highest BCUT2D eigenvalue weighted by atomic mass is 16.1. The van der Waals surface area contributed by atoms with Crippen LogP contribution in [0.2, 0.25) is 0 Å². The first-order valence-corrected chi connectivity index (χ1v) is 6.08. The molecule has 0 heterocycles. The molecule has 2 rings (SSSR count). The molecule has 1 aromatic rings. The smallest absolute Gasteiger partial charge is 0.189 e. The van der Waals surface area contributed by atoms with E-state index in [1.54, 1.807) is 0 Å². The summed E-state index contributed by atoms with van der Waals surface area (Å²) in [6.45, 7) is 6.16. The van der Waals surface area contributed by atoms with E-state index < -0.39 is 0 Å². The van der Waals surface area contributed by atoms with Gasteiger partial charge >= 0.3 is 0 Å². The van der Waals surface area contributed by atoms with Gasteiger partial charge in [0, 0.05) is 11.1 Å². The zero-order chi connectivity index (χ0) is 12.4. The van der Waals surface area contributed by atoms with Crippen LogP contribution in [-0.4, -0.2) is 5.78 Å². The Morgan fingerprint density at radius 1 is 1.24 bits per heavy atom. The molecule has 1 heteroatoms. The first-order chi connectivity index (χ1) is 8.09. The number of carbonyl (C=O) groups is 1. The summed E-state index contributed by atoms with van der Waals surface area (Å²) in [6.07, 6.45) is 5.10. The minimum absolute atomic E-state index is 0.191. The number of Topliss-reactive ketones (excluding diaryl/α,β-unsaturated/α-hetero) is 1. The van der Waals surface area contributed by atoms with Gasteiger partial charge in [-0.2, -0.15) is 0 Å². The van der Waals surface area contributed by atoms with E-state index >= 15 is 0 Å². The van der Waals surface area contributed by atoms with Crippen molar-refractivity contribution >= 4 is 5.78 Å². The van der Waals surface area contributed by atoms with Gasteiger partial charge in [-0.15, -0.1) is 0 Å². The van der Waals surface area contributed by atoms with Crippen LogP contribution in [0.4, 0.5) is 0 Å². The fourth-order valence-corrected chi connectivity index (χ4v) is 2.22. The second kappa shape index (κ2) is 4.70. The van der Waals surface area contributed by atoms with Gasteiger partial charge in [-0.05, 0) is 37.3 Å². The van der Waals surface area contributed by atoms with E-state index in [-0.39, 0.29) is 5.78 Å². The zero-order valence-corrected chi connectivity index (χ0v) is 10.7. The summed E-state index contributed by atoms with van der Waals surface area (Å²) in [7, 11) is 0. The first-order valence-electron chi connectivity index (χ1n) is 6.08. The molecule has 0 radical (unpaired) electrons. The van der Waals surface area contributed by atoms with Crippen molar-refractivity contribution in [1.29, 1.82) is 0 Å². The van der Waals surface area contributed by atoms with Gasteiger partial charge in [0.25, 0.3) is 0 Å². The van der Waals surface area contributed by atoms with Crippen LogP contribution in [0.3, 0.4) is 0 Å². The Morgan fingerprint density at radius 2 is 1.94 bits per heavy atom. The number of allylic oxidation sites excluding steroid dienone is 4. The SMILES string of the molecule is CC1=C(C(=O)c2ccccc2C)CC(C)C=C1. The molecule has 1 nitrogen and oxygen atoms in total. The van der Waals surface area contributed by atoms with Crippen LogP contribution >= 0.6 is 0 Å². The molecule has 0 N–H and O–H groups in total. The van der Waals surface area contributed by atoms with Crippen LogP contribution in [0.5, 0.6) is 0 Å². The van der Waals surface area contributed by atoms with Gasteiger partial charge in [0.15, 0.2) is 5.78 Å². The highest BCUT2D eigenvalue weighted by Crippen LogP contribution is 2.27. The molecule has 0 aromatic heterocycles. The summed E-state index contributed by atoms with van der Waals surface area (Å²) < 4.78 is 0. The lowest BCUT2D eigenvalue weighted by molar-refractivity contribution is 0.102. The van der Waals surface area contributed by atoms with E-state index in [1.165, 1.54) is 0 Å². The Labute approximate surface area is 103 Å². The van der Waals surface area contributed by atoms with Crippen molar-refractivity contribution < 1.29 is 4.79 Å². The fraction of sp³-hybridized carbons (Fsp3) is 0.312. The van der Waals surface area contributed by atoms with Crippen molar-refractivity contribution in [2.45, 2.75) is 27.2 Å². The van der Waals surface area contributed by atoms with Gasteiger partial charge in [0.1, 0.15) is 0 Å². The van der Waals surface area contributed by atoms with E-state index in [9.17, 15) is 4.79 Å². The minimum Gasteiger partial charge on any atom is -0.289 e. The molecule has 1 aromatic carbocycles. The first kappa shape index (κ1) is 11.8. The average molecular weight is 226 g/mol. The molecule has 0 fully saturated rings. The molecule has 0 saturated carbocycles. The number of aryl methyl sites for hydroxylation is 1. The maximum Gasteiger partial charge on any atom is 0.189 e. The van der Waals surface area contributed by atoms with Gasteiger partial charge in [0.05, 0.1) is 0 Å². The third-order valence-electron chi connectivity index (χ3n) is 3.34. The van der Waals surface area contributed by atoms with Crippen molar-refractivity contribution in [2.75, 3.05) is 0 Å². The molecule has 0 spiro atoms. The predicted molar refractivity (Wildman–Crippen MR) is 71.1 cm³/mol. The van der Waals surface area contributed by atoms with E-state index in [4.69, 9.17) is 0 Å². The fourth-order valence-electron chi connectivity index (χ4n) is 2.22. The summed E-state index contributed by atoms with van der Waals surface area (Å²) in [5.41, 5.74) is 3.97. The van der Waals surface area contributed by atoms with Gasteiger partial charge in [-0.25, -0.2) is 0 Å². The highest BCUT2D eigenvalue weighted by molar-refractivity contribution is 6.10. The molecule has 1 aliphatic carbocycles. The zero-order valence-electron chi connectivity index (χ0n) is 10.7. The molecule has 88 valence electrons. The molecule has 1 atom stereocenters. The lowest BCUT2D eigenvalue weighted by atomic mass is 9.86. The van der Waals surface area contributed by atoms with Crippen molar-refractivity contribution in [3.05, 3.63) is 58.7 Å². The Bertz CT molecular complexity index is 506. The van der Waals surface area contributed by atoms with Gasteiger partial charge < -0.3 is 0 Å². The normalized spacial score (nSPS) is 19.6. The molecular formula is C16H18O. The standard InChI is InChI=1S/C16H18O/c1-11-8-9-13(3)15(10-11)16(17)14-7-5-4-6-12(14)2/h4-9,11H,10H2,1-3H3. The third kappa shape index (κ3) is 2.38. The predicted octanol–water partition coefficient (Wildman–Crippen LogP) is 4.09. The van der Waals surface area contributed by atoms with Crippen molar-refractivity contribution in [1.82, 2.24) is 0 Å². The molecule has 17 heavy (non-hydrogen) atoms. The summed E-state index contributed by atoms with van der Waals surface area (Å²) >= 11 is 0. The van der Waals surface area contributed by atoms with E-state index in [0.29, 0.717) is 5.92 Å². The van der Waals surface area contributed by atoms with E-state index in [0.717, 1.165) is 28.7 Å². The second-order valence-electron chi connectivity index (χ2n) is 4.85. The summed E-state index contributed by atoms with van der Waals surface area (Å²) in [5, 5.41) is 0.